The maximum atomic E-state index is 12.6. The Labute approximate surface area is 142 Å². The van der Waals surface area contributed by atoms with Crippen molar-refractivity contribution < 1.29 is 4.79 Å². The Morgan fingerprint density at radius 3 is 2.52 bits per heavy atom. The standard InChI is InChI=1S/C17H23ClN4O/c1-13-17(18)14(2)22(20-13)12-16(23)21(11-9-19)10-8-15-6-4-3-5-7-15/h3-7H,8-12,19H2,1-2H3. The molecule has 0 saturated heterocycles. The maximum absolute atomic E-state index is 12.6. The molecule has 124 valence electrons. The largest absolute Gasteiger partial charge is 0.339 e. The van der Waals surface area contributed by atoms with Crippen LogP contribution >= 0.6 is 11.6 Å². The molecule has 1 amide bonds. The number of carbonyl (C=O) groups is 1. The van der Waals surface area contributed by atoms with Gasteiger partial charge in [0.1, 0.15) is 6.54 Å². The lowest BCUT2D eigenvalue weighted by Crippen LogP contribution is -2.39. The molecule has 0 aliphatic heterocycles. The van der Waals surface area contributed by atoms with Crippen molar-refractivity contribution in [2.45, 2.75) is 26.8 Å². The minimum atomic E-state index is 0.00801. The summed E-state index contributed by atoms with van der Waals surface area (Å²) in [6, 6.07) is 10.1. The lowest BCUT2D eigenvalue weighted by atomic mass is 10.1. The van der Waals surface area contributed by atoms with Gasteiger partial charge in [-0.3, -0.25) is 9.48 Å². The summed E-state index contributed by atoms with van der Waals surface area (Å²) >= 11 is 6.14. The van der Waals surface area contributed by atoms with E-state index in [2.05, 4.69) is 17.2 Å². The maximum Gasteiger partial charge on any atom is 0.244 e. The summed E-state index contributed by atoms with van der Waals surface area (Å²) in [6.07, 6.45) is 0.810. The van der Waals surface area contributed by atoms with E-state index in [9.17, 15) is 4.79 Å². The highest BCUT2D eigenvalue weighted by molar-refractivity contribution is 6.31. The monoisotopic (exact) mass is 334 g/mol. The fraction of sp³-hybridized carbons (Fsp3) is 0.412. The Morgan fingerprint density at radius 1 is 1.26 bits per heavy atom. The van der Waals surface area contributed by atoms with Gasteiger partial charge >= 0.3 is 0 Å². The third-order valence-corrected chi connectivity index (χ3v) is 4.39. The fourth-order valence-corrected chi connectivity index (χ4v) is 2.62. The number of benzene rings is 1. The van der Waals surface area contributed by atoms with E-state index >= 15 is 0 Å². The fourth-order valence-electron chi connectivity index (χ4n) is 2.48. The van der Waals surface area contributed by atoms with Gasteiger partial charge in [-0.05, 0) is 25.8 Å². The van der Waals surface area contributed by atoms with Crippen molar-refractivity contribution in [3.8, 4) is 0 Å². The first kappa shape index (κ1) is 17.5. The highest BCUT2D eigenvalue weighted by atomic mass is 35.5. The molecule has 0 fully saturated rings. The van der Waals surface area contributed by atoms with Gasteiger partial charge in [-0.1, -0.05) is 41.9 Å². The Hall–Kier alpha value is -1.85. The van der Waals surface area contributed by atoms with E-state index in [4.69, 9.17) is 17.3 Å². The van der Waals surface area contributed by atoms with Crippen LogP contribution in [0, 0.1) is 13.8 Å². The van der Waals surface area contributed by atoms with Gasteiger partial charge in [-0.2, -0.15) is 5.10 Å². The highest BCUT2D eigenvalue weighted by Gasteiger charge is 2.17. The third kappa shape index (κ3) is 4.56. The van der Waals surface area contributed by atoms with E-state index in [1.807, 2.05) is 32.0 Å². The van der Waals surface area contributed by atoms with Crippen LogP contribution in [0.3, 0.4) is 0 Å². The number of halogens is 1. The van der Waals surface area contributed by atoms with Gasteiger partial charge in [0, 0.05) is 19.6 Å². The van der Waals surface area contributed by atoms with Crippen molar-refractivity contribution in [1.82, 2.24) is 14.7 Å². The van der Waals surface area contributed by atoms with Crippen molar-refractivity contribution in [3.05, 3.63) is 52.3 Å². The lowest BCUT2D eigenvalue weighted by molar-refractivity contribution is -0.132. The number of amides is 1. The smallest absolute Gasteiger partial charge is 0.244 e. The molecule has 0 spiro atoms. The number of nitrogens with zero attached hydrogens (tertiary/aromatic N) is 3. The molecule has 1 heterocycles. The summed E-state index contributed by atoms with van der Waals surface area (Å²) in [5.41, 5.74) is 8.41. The van der Waals surface area contributed by atoms with E-state index in [1.165, 1.54) is 5.56 Å². The molecule has 0 atom stereocenters. The second kappa shape index (κ2) is 8.13. The molecule has 5 nitrogen and oxygen atoms in total. The van der Waals surface area contributed by atoms with Crippen LogP contribution in [0.5, 0.6) is 0 Å². The summed E-state index contributed by atoms with van der Waals surface area (Å²) in [5, 5.41) is 4.93. The van der Waals surface area contributed by atoms with E-state index < -0.39 is 0 Å². The van der Waals surface area contributed by atoms with Crippen LogP contribution in [0.15, 0.2) is 30.3 Å². The number of carbonyl (C=O) groups excluding carboxylic acids is 1. The molecule has 0 unspecified atom stereocenters. The van der Waals surface area contributed by atoms with E-state index in [0.717, 1.165) is 17.8 Å². The molecule has 2 rings (SSSR count). The molecule has 1 aromatic carbocycles. The second-order valence-electron chi connectivity index (χ2n) is 5.55. The SMILES string of the molecule is Cc1nn(CC(=O)N(CCN)CCc2ccccc2)c(C)c1Cl. The van der Waals surface area contributed by atoms with Crippen LogP contribution in [-0.2, 0) is 17.8 Å². The Kier molecular flexibility index (Phi) is 6.19. The first-order valence-corrected chi connectivity index (χ1v) is 8.12. The molecule has 0 radical (unpaired) electrons. The number of hydrogen-bond acceptors (Lipinski definition) is 3. The highest BCUT2D eigenvalue weighted by Crippen LogP contribution is 2.18. The molecule has 0 aliphatic carbocycles. The van der Waals surface area contributed by atoms with Crippen LogP contribution in [0.25, 0.3) is 0 Å². The first-order valence-electron chi connectivity index (χ1n) is 7.74. The zero-order valence-electron chi connectivity index (χ0n) is 13.6. The molecule has 2 aromatic rings. The predicted molar refractivity (Wildman–Crippen MR) is 92.5 cm³/mol. The van der Waals surface area contributed by atoms with Gasteiger partial charge in [-0.15, -0.1) is 0 Å². The average Bonchev–Trinajstić information content (AvgIpc) is 2.79. The van der Waals surface area contributed by atoms with Crippen molar-refractivity contribution >= 4 is 17.5 Å². The third-order valence-electron chi connectivity index (χ3n) is 3.84. The summed E-state index contributed by atoms with van der Waals surface area (Å²) in [7, 11) is 0. The van der Waals surface area contributed by atoms with Gasteiger partial charge in [0.2, 0.25) is 5.91 Å². The average molecular weight is 335 g/mol. The summed E-state index contributed by atoms with van der Waals surface area (Å²) in [5.74, 6) is 0.00801. The van der Waals surface area contributed by atoms with Gasteiger partial charge in [0.05, 0.1) is 16.4 Å². The molecular weight excluding hydrogens is 312 g/mol. The van der Waals surface area contributed by atoms with Crippen molar-refractivity contribution in [2.24, 2.45) is 5.73 Å². The number of aromatic nitrogens is 2. The van der Waals surface area contributed by atoms with Crippen molar-refractivity contribution in [1.29, 1.82) is 0 Å². The molecule has 1 aromatic heterocycles. The summed E-state index contributed by atoms with van der Waals surface area (Å²) < 4.78 is 1.66. The normalized spacial score (nSPS) is 10.8. The van der Waals surface area contributed by atoms with Gasteiger partial charge in [0.15, 0.2) is 0 Å². The number of hydrogen-bond donors (Lipinski definition) is 1. The van der Waals surface area contributed by atoms with Crippen LogP contribution in [0.2, 0.25) is 5.02 Å². The summed E-state index contributed by atoms with van der Waals surface area (Å²) in [4.78, 5) is 14.4. The molecule has 0 saturated carbocycles. The van der Waals surface area contributed by atoms with Crippen LogP contribution in [0.1, 0.15) is 17.0 Å². The van der Waals surface area contributed by atoms with Crippen LogP contribution < -0.4 is 5.73 Å². The van der Waals surface area contributed by atoms with Crippen LogP contribution in [-0.4, -0.2) is 40.2 Å². The lowest BCUT2D eigenvalue weighted by Gasteiger charge is -2.22. The zero-order chi connectivity index (χ0) is 16.8. The molecular formula is C17H23ClN4O. The van der Waals surface area contributed by atoms with Crippen molar-refractivity contribution in [3.63, 3.8) is 0 Å². The molecule has 2 N–H and O–H groups in total. The van der Waals surface area contributed by atoms with E-state index in [1.54, 1.807) is 9.58 Å². The van der Waals surface area contributed by atoms with Crippen molar-refractivity contribution in [2.75, 3.05) is 19.6 Å². The Bertz CT molecular complexity index is 654. The quantitative estimate of drug-likeness (QED) is 0.844. The number of nitrogens with two attached hydrogens (primary N) is 1. The van der Waals surface area contributed by atoms with Gasteiger partial charge < -0.3 is 10.6 Å². The molecule has 0 aliphatic rings. The molecule has 0 bridgehead atoms. The Balaban J connectivity index is 2.01. The van der Waals surface area contributed by atoms with E-state index in [0.29, 0.717) is 24.7 Å². The zero-order valence-corrected chi connectivity index (χ0v) is 14.4. The summed E-state index contributed by atoms with van der Waals surface area (Å²) in [6.45, 7) is 5.52. The first-order chi connectivity index (χ1) is 11.0. The molecule has 6 heteroatoms. The molecule has 23 heavy (non-hydrogen) atoms. The van der Waals surface area contributed by atoms with Gasteiger partial charge in [0.25, 0.3) is 0 Å². The topological polar surface area (TPSA) is 64.2 Å². The number of aryl methyl sites for hydroxylation is 1. The van der Waals surface area contributed by atoms with E-state index in [-0.39, 0.29) is 12.5 Å². The Morgan fingerprint density at radius 2 is 1.96 bits per heavy atom. The van der Waals surface area contributed by atoms with Gasteiger partial charge in [-0.25, -0.2) is 0 Å². The minimum Gasteiger partial charge on any atom is -0.339 e. The predicted octanol–water partition coefficient (Wildman–Crippen LogP) is 2.18. The minimum absolute atomic E-state index is 0.00801. The second-order valence-corrected chi connectivity index (χ2v) is 5.93. The van der Waals surface area contributed by atoms with Crippen LogP contribution in [0.4, 0.5) is 0 Å². The number of rotatable bonds is 7.